The molecule has 8 heteroatoms. The highest BCUT2D eigenvalue weighted by Crippen LogP contribution is 2.20. The van der Waals surface area contributed by atoms with Gasteiger partial charge >= 0.3 is 5.97 Å². The van der Waals surface area contributed by atoms with E-state index in [1.54, 1.807) is 0 Å². The van der Waals surface area contributed by atoms with Gasteiger partial charge in [-0.3, -0.25) is 14.4 Å². The molecule has 6 nitrogen and oxygen atoms in total. The average Bonchev–Trinajstić information content (AvgIpc) is 2.58. The van der Waals surface area contributed by atoms with Gasteiger partial charge in [-0.05, 0) is 31.4 Å². The van der Waals surface area contributed by atoms with Gasteiger partial charge in [0.2, 0.25) is 5.91 Å². The zero-order chi connectivity index (χ0) is 18.4. The van der Waals surface area contributed by atoms with Crippen LogP contribution in [0.5, 0.6) is 0 Å². The Labute approximate surface area is 143 Å². The maximum atomic E-state index is 13.7. The van der Waals surface area contributed by atoms with Gasteiger partial charge in [-0.2, -0.15) is 0 Å². The van der Waals surface area contributed by atoms with E-state index >= 15 is 0 Å². The first-order valence-electron chi connectivity index (χ1n) is 8.12. The molecule has 1 saturated heterocycles. The molecule has 0 unspecified atom stereocenters. The second-order valence-electron chi connectivity index (χ2n) is 5.98. The van der Waals surface area contributed by atoms with Crippen LogP contribution in [0, 0.1) is 17.6 Å². The van der Waals surface area contributed by atoms with Gasteiger partial charge in [0.05, 0.1) is 5.56 Å². The average molecular weight is 354 g/mol. The molecule has 2 rings (SSSR count). The first kappa shape index (κ1) is 18.8. The fraction of sp³-hybridized carbons (Fsp3) is 0.471. The number of benzene rings is 1. The van der Waals surface area contributed by atoms with Gasteiger partial charge in [0, 0.05) is 38.0 Å². The van der Waals surface area contributed by atoms with Crippen LogP contribution in [0.2, 0.25) is 0 Å². The molecule has 1 aliphatic rings. The largest absolute Gasteiger partial charge is 0.481 e. The zero-order valence-electron chi connectivity index (χ0n) is 13.6. The normalized spacial score (nSPS) is 15.0. The zero-order valence-corrected chi connectivity index (χ0v) is 13.6. The molecule has 0 saturated carbocycles. The third-order valence-corrected chi connectivity index (χ3v) is 4.18. The van der Waals surface area contributed by atoms with E-state index in [0.717, 1.165) is 12.1 Å². The Bertz CT molecular complexity index is 658. The lowest BCUT2D eigenvalue weighted by Gasteiger charge is -2.31. The summed E-state index contributed by atoms with van der Waals surface area (Å²) < 4.78 is 26.6. The molecule has 1 aromatic rings. The summed E-state index contributed by atoms with van der Waals surface area (Å²) in [5.74, 6) is -3.49. The Hall–Kier alpha value is -2.51. The van der Waals surface area contributed by atoms with Crippen molar-refractivity contribution < 1.29 is 28.3 Å². The summed E-state index contributed by atoms with van der Waals surface area (Å²) in [5.41, 5.74) is -0.182. The first-order chi connectivity index (χ1) is 11.9. The Morgan fingerprint density at radius 2 is 1.88 bits per heavy atom. The minimum atomic E-state index is -0.908. The van der Waals surface area contributed by atoms with E-state index < -0.39 is 23.5 Å². The standard InChI is InChI=1S/C17H20F2N2O4/c18-12-3-4-13(14(19)10-12)17(25)21-8-5-11(6-9-21)16(24)20-7-1-2-15(22)23/h3-4,10-11H,1-2,5-9H2,(H,20,24)(H,22,23). The van der Waals surface area contributed by atoms with E-state index in [-0.39, 0.29) is 23.8 Å². The Balaban J connectivity index is 1.81. The highest BCUT2D eigenvalue weighted by Gasteiger charge is 2.28. The number of carbonyl (C=O) groups is 3. The summed E-state index contributed by atoms with van der Waals surface area (Å²) in [6, 6.07) is 2.83. The summed E-state index contributed by atoms with van der Waals surface area (Å²) in [4.78, 5) is 36.2. The maximum absolute atomic E-state index is 13.7. The van der Waals surface area contributed by atoms with Gasteiger partial charge in [-0.25, -0.2) is 8.78 Å². The van der Waals surface area contributed by atoms with Gasteiger partial charge in [0.1, 0.15) is 11.6 Å². The van der Waals surface area contributed by atoms with E-state index in [1.807, 2.05) is 0 Å². The van der Waals surface area contributed by atoms with E-state index in [9.17, 15) is 23.2 Å². The number of carbonyl (C=O) groups excluding carboxylic acids is 2. The summed E-state index contributed by atoms with van der Waals surface area (Å²) >= 11 is 0. The molecular formula is C17H20F2N2O4. The van der Waals surface area contributed by atoms with Crippen molar-refractivity contribution >= 4 is 17.8 Å². The van der Waals surface area contributed by atoms with Gasteiger partial charge in [0.15, 0.2) is 0 Å². The lowest BCUT2D eigenvalue weighted by molar-refractivity contribution is -0.137. The fourth-order valence-electron chi connectivity index (χ4n) is 2.77. The molecule has 2 amide bonds. The van der Waals surface area contributed by atoms with Crippen molar-refractivity contribution in [2.24, 2.45) is 5.92 Å². The minimum Gasteiger partial charge on any atom is -0.481 e. The molecule has 1 heterocycles. The molecule has 136 valence electrons. The quantitative estimate of drug-likeness (QED) is 0.763. The molecule has 25 heavy (non-hydrogen) atoms. The lowest BCUT2D eigenvalue weighted by Crippen LogP contribution is -2.43. The van der Waals surface area contributed by atoms with Gasteiger partial charge in [0.25, 0.3) is 5.91 Å². The summed E-state index contributed by atoms with van der Waals surface area (Å²) in [5, 5.41) is 11.2. The van der Waals surface area contributed by atoms with E-state index in [2.05, 4.69) is 5.32 Å². The summed E-state index contributed by atoms with van der Waals surface area (Å²) in [6.07, 6.45) is 1.25. The number of amides is 2. The van der Waals surface area contributed by atoms with Gasteiger partial charge in [-0.15, -0.1) is 0 Å². The second kappa shape index (κ2) is 8.55. The van der Waals surface area contributed by atoms with Crippen molar-refractivity contribution in [1.82, 2.24) is 10.2 Å². The van der Waals surface area contributed by atoms with Crippen LogP contribution in [0.4, 0.5) is 8.78 Å². The number of nitrogens with one attached hydrogen (secondary N) is 1. The highest BCUT2D eigenvalue weighted by atomic mass is 19.1. The highest BCUT2D eigenvalue weighted by molar-refractivity contribution is 5.94. The fourth-order valence-corrected chi connectivity index (χ4v) is 2.77. The van der Waals surface area contributed by atoms with Crippen molar-refractivity contribution in [3.05, 3.63) is 35.4 Å². The topological polar surface area (TPSA) is 86.7 Å². The number of carboxylic acid groups (broad SMARTS) is 1. The smallest absolute Gasteiger partial charge is 0.303 e. The number of likely N-dealkylation sites (tertiary alicyclic amines) is 1. The van der Waals surface area contributed by atoms with Crippen molar-refractivity contribution in [1.29, 1.82) is 0 Å². The molecule has 0 bridgehead atoms. The number of rotatable bonds is 6. The van der Waals surface area contributed by atoms with Crippen LogP contribution in [-0.2, 0) is 9.59 Å². The van der Waals surface area contributed by atoms with Crippen LogP contribution in [0.3, 0.4) is 0 Å². The van der Waals surface area contributed by atoms with Gasteiger partial charge < -0.3 is 15.3 Å². The number of aliphatic carboxylic acids is 1. The van der Waals surface area contributed by atoms with Crippen LogP contribution in [0.25, 0.3) is 0 Å². The van der Waals surface area contributed by atoms with Crippen molar-refractivity contribution in [2.75, 3.05) is 19.6 Å². The van der Waals surface area contributed by atoms with Crippen molar-refractivity contribution in [3.63, 3.8) is 0 Å². The number of hydrogen-bond acceptors (Lipinski definition) is 3. The predicted octanol–water partition coefficient (Wildman–Crippen LogP) is 1.80. The minimum absolute atomic E-state index is 0.00351. The number of nitrogens with zero attached hydrogens (tertiary/aromatic N) is 1. The number of piperidine rings is 1. The number of halogens is 2. The molecular weight excluding hydrogens is 334 g/mol. The predicted molar refractivity (Wildman–Crippen MR) is 84.9 cm³/mol. The first-order valence-corrected chi connectivity index (χ1v) is 8.12. The van der Waals surface area contributed by atoms with E-state index in [0.29, 0.717) is 45.0 Å². The molecule has 1 aliphatic heterocycles. The van der Waals surface area contributed by atoms with Crippen molar-refractivity contribution in [3.8, 4) is 0 Å². The SMILES string of the molecule is O=C(O)CCCNC(=O)C1CCN(C(=O)c2ccc(F)cc2F)CC1. The summed E-state index contributed by atoms with van der Waals surface area (Å²) in [7, 11) is 0. The van der Waals surface area contributed by atoms with Crippen LogP contribution >= 0.6 is 0 Å². The maximum Gasteiger partial charge on any atom is 0.303 e. The van der Waals surface area contributed by atoms with Crippen LogP contribution < -0.4 is 5.32 Å². The molecule has 2 N–H and O–H groups in total. The van der Waals surface area contributed by atoms with Gasteiger partial charge in [-0.1, -0.05) is 0 Å². The lowest BCUT2D eigenvalue weighted by atomic mass is 9.95. The van der Waals surface area contributed by atoms with E-state index in [1.165, 1.54) is 4.90 Å². The monoisotopic (exact) mass is 354 g/mol. The van der Waals surface area contributed by atoms with Crippen LogP contribution in [0.1, 0.15) is 36.0 Å². The molecule has 0 aliphatic carbocycles. The number of hydrogen-bond donors (Lipinski definition) is 2. The molecule has 1 aromatic carbocycles. The van der Waals surface area contributed by atoms with Crippen molar-refractivity contribution in [2.45, 2.75) is 25.7 Å². The number of carboxylic acids is 1. The Morgan fingerprint density at radius 1 is 1.20 bits per heavy atom. The third-order valence-electron chi connectivity index (χ3n) is 4.18. The van der Waals surface area contributed by atoms with Crippen LogP contribution in [-0.4, -0.2) is 47.4 Å². The second-order valence-corrected chi connectivity index (χ2v) is 5.98. The molecule has 0 spiro atoms. The Kier molecular flexibility index (Phi) is 6.44. The molecule has 0 atom stereocenters. The third kappa shape index (κ3) is 5.23. The Morgan fingerprint density at radius 3 is 2.48 bits per heavy atom. The molecule has 1 fully saturated rings. The molecule has 0 aromatic heterocycles. The summed E-state index contributed by atoms with van der Waals surface area (Å²) in [6.45, 7) is 0.913. The van der Waals surface area contributed by atoms with Crippen LogP contribution in [0.15, 0.2) is 18.2 Å². The molecule has 0 radical (unpaired) electrons. The van der Waals surface area contributed by atoms with E-state index in [4.69, 9.17) is 5.11 Å².